The van der Waals surface area contributed by atoms with Gasteiger partial charge in [0.25, 0.3) is 0 Å². The number of nitrogens with one attached hydrogen (secondary N) is 1. The molecule has 2 atom stereocenters. The molecule has 19 heavy (non-hydrogen) atoms. The molecule has 106 valence electrons. The Balaban J connectivity index is 3.01. The number of nitrogens with zero attached hydrogens (tertiary/aromatic N) is 1. The third kappa shape index (κ3) is 4.45. The summed E-state index contributed by atoms with van der Waals surface area (Å²) >= 11 is 4.36. The molecule has 1 rings (SSSR count). The first-order valence-corrected chi connectivity index (χ1v) is 7.39. The van der Waals surface area contributed by atoms with E-state index in [1.807, 2.05) is 20.8 Å². The molecule has 0 aliphatic rings. The number of hydrogen-bond donors (Lipinski definition) is 1. The minimum Gasteiger partial charge on any atom is -0.598 e. The van der Waals surface area contributed by atoms with Crippen LogP contribution in [0.1, 0.15) is 38.8 Å². The molecule has 6 heteroatoms. The van der Waals surface area contributed by atoms with Gasteiger partial charge in [0.15, 0.2) is 11.0 Å². The van der Waals surface area contributed by atoms with Crippen molar-refractivity contribution in [1.29, 1.82) is 0 Å². The quantitative estimate of drug-likeness (QED) is 0.514. The molecular weight excluding hydrogens is 287 g/mol. The zero-order chi connectivity index (χ0) is 14.6. The lowest BCUT2D eigenvalue weighted by Gasteiger charge is -2.27. The van der Waals surface area contributed by atoms with Crippen LogP contribution in [0.5, 0.6) is 0 Å². The summed E-state index contributed by atoms with van der Waals surface area (Å²) in [5.74, 6) is -0.588. The van der Waals surface area contributed by atoms with Crippen molar-refractivity contribution in [2.24, 2.45) is 0 Å². The van der Waals surface area contributed by atoms with Gasteiger partial charge in [-0.05, 0) is 33.3 Å². The van der Waals surface area contributed by atoms with E-state index in [0.717, 1.165) is 0 Å². The smallest absolute Gasteiger partial charge is 0.165 e. The molecule has 0 saturated carbocycles. The molecule has 0 spiro atoms. The van der Waals surface area contributed by atoms with Crippen LogP contribution in [-0.4, -0.2) is 14.3 Å². The predicted octanol–water partition coefficient (Wildman–Crippen LogP) is 3.54. The molecule has 1 aromatic heterocycles. The van der Waals surface area contributed by atoms with Gasteiger partial charge in [-0.2, -0.15) is 0 Å². The maximum Gasteiger partial charge on any atom is 0.165 e. The standard InChI is InChI=1S/C13H18ClFN2OS/c1-5-6-10(17-19(18)13(2,3)4)9-7-8-16-12(14)11(9)15/h5,7-8,10,17H,1,6H2,2-4H3. The van der Waals surface area contributed by atoms with Crippen molar-refractivity contribution in [2.45, 2.75) is 38.0 Å². The Bertz CT molecular complexity index is 451. The van der Waals surface area contributed by atoms with Crippen LogP contribution in [0.15, 0.2) is 24.9 Å². The van der Waals surface area contributed by atoms with Gasteiger partial charge in [-0.1, -0.05) is 17.7 Å². The first-order chi connectivity index (χ1) is 8.77. The lowest BCUT2D eigenvalue weighted by atomic mass is 10.1. The molecule has 0 radical (unpaired) electrons. The maximum absolute atomic E-state index is 14.0. The Morgan fingerprint density at radius 3 is 2.79 bits per heavy atom. The van der Waals surface area contributed by atoms with E-state index < -0.39 is 28.0 Å². The summed E-state index contributed by atoms with van der Waals surface area (Å²) in [6.45, 7) is 9.17. The molecule has 1 N–H and O–H groups in total. The molecule has 2 unspecified atom stereocenters. The van der Waals surface area contributed by atoms with Gasteiger partial charge in [0.2, 0.25) is 0 Å². The highest BCUT2D eigenvalue weighted by Gasteiger charge is 2.30. The summed E-state index contributed by atoms with van der Waals surface area (Å²) in [6.07, 6.45) is 3.52. The maximum atomic E-state index is 14.0. The van der Waals surface area contributed by atoms with Crippen molar-refractivity contribution in [3.05, 3.63) is 41.5 Å². The van der Waals surface area contributed by atoms with Gasteiger partial charge in [0.05, 0.1) is 6.04 Å². The summed E-state index contributed by atoms with van der Waals surface area (Å²) in [6, 6.07) is 1.08. The predicted molar refractivity (Wildman–Crippen MR) is 77.8 cm³/mol. The molecule has 0 aromatic carbocycles. The van der Waals surface area contributed by atoms with Crippen LogP contribution in [0.4, 0.5) is 4.39 Å². The lowest BCUT2D eigenvalue weighted by Crippen LogP contribution is -2.41. The van der Waals surface area contributed by atoms with Crippen LogP contribution in [0.25, 0.3) is 0 Å². The molecular formula is C13H18ClFN2OS. The molecule has 0 fully saturated rings. The van der Waals surface area contributed by atoms with Gasteiger partial charge in [-0.15, -0.1) is 11.3 Å². The van der Waals surface area contributed by atoms with E-state index in [2.05, 4.69) is 16.3 Å². The minimum absolute atomic E-state index is 0.185. The molecule has 0 aliphatic carbocycles. The summed E-state index contributed by atoms with van der Waals surface area (Å²) < 4.78 is 28.5. The molecule has 0 bridgehead atoms. The molecule has 3 nitrogen and oxygen atoms in total. The van der Waals surface area contributed by atoms with Crippen molar-refractivity contribution < 1.29 is 8.94 Å². The Labute approximate surface area is 121 Å². The monoisotopic (exact) mass is 304 g/mol. The zero-order valence-corrected chi connectivity index (χ0v) is 12.8. The molecule has 0 aliphatic heterocycles. The second kappa shape index (κ2) is 6.70. The average molecular weight is 305 g/mol. The number of rotatable bonds is 5. The van der Waals surface area contributed by atoms with Crippen LogP contribution >= 0.6 is 11.6 Å². The van der Waals surface area contributed by atoms with E-state index >= 15 is 0 Å². The van der Waals surface area contributed by atoms with Gasteiger partial charge >= 0.3 is 0 Å². The number of pyridine rings is 1. The highest BCUT2D eigenvalue weighted by Crippen LogP contribution is 2.26. The molecule has 1 aromatic rings. The van der Waals surface area contributed by atoms with Gasteiger partial charge in [0.1, 0.15) is 4.75 Å². The first kappa shape index (κ1) is 16.4. The van der Waals surface area contributed by atoms with Crippen molar-refractivity contribution >= 4 is 23.0 Å². The highest BCUT2D eigenvalue weighted by atomic mass is 35.5. The number of aromatic nitrogens is 1. The Morgan fingerprint density at radius 2 is 2.26 bits per heavy atom. The van der Waals surface area contributed by atoms with Gasteiger partial charge < -0.3 is 4.55 Å². The van der Waals surface area contributed by atoms with Crippen molar-refractivity contribution in [3.8, 4) is 0 Å². The zero-order valence-electron chi connectivity index (χ0n) is 11.2. The summed E-state index contributed by atoms with van der Waals surface area (Å²) in [5, 5.41) is -0.185. The molecule has 0 amide bonds. The van der Waals surface area contributed by atoms with Gasteiger partial charge in [-0.25, -0.2) is 9.37 Å². The van der Waals surface area contributed by atoms with E-state index in [0.29, 0.717) is 12.0 Å². The third-order valence-corrected chi connectivity index (χ3v) is 4.33. The lowest BCUT2D eigenvalue weighted by molar-refractivity contribution is 0.511. The van der Waals surface area contributed by atoms with Crippen LogP contribution in [-0.2, 0) is 11.4 Å². The average Bonchev–Trinajstić information content (AvgIpc) is 2.31. The Kier molecular flexibility index (Phi) is 5.80. The number of halogens is 2. The topological polar surface area (TPSA) is 48.0 Å². The summed E-state index contributed by atoms with van der Waals surface area (Å²) in [7, 11) is 0. The first-order valence-electron chi connectivity index (χ1n) is 5.86. The largest absolute Gasteiger partial charge is 0.598 e. The number of hydrogen-bond acceptors (Lipinski definition) is 3. The van der Waals surface area contributed by atoms with Crippen molar-refractivity contribution in [1.82, 2.24) is 9.71 Å². The second-order valence-electron chi connectivity index (χ2n) is 5.08. The van der Waals surface area contributed by atoms with E-state index in [1.54, 1.807) is 6.08 Å². The fraction of sp³-hybridized carbons (Fsp3) is 0.462. The van der Waals surface area contributed by atoms with E-state index in [9.17, 15) is 8.94 Å². The van der Waals surface area contributed by atoms with Crippen LogP contribution in [0, 0.1) is 5.82 Å². The Hall–Kier alpha value is -0.620. The summed E-state index contributed by atoms with van der Waals surface area (Å²) in [5.41, 5.74) is 0.345. The normalized spacial score (nSPS) is 15.1. The van der Waals surface area contributed by atoms with E-state index in [1.165, 1.54) is 12.3 Å². The van der Waals surface area contributed by atoms with Gasteiger partial charge in [0, 0.05) is 23.1 Å². The Morgan fingerprint density at radius 1 is 1.63 bits per heavy atom. The minimum atomic E-state index is -1.31. The highest BCUT2D eigenvalue weighted by molar-refractivity contribution is 7.90. The SMILES string of the molecule is C=CCC(N[S+]([O-])C(C)(C)C)c1ccnc(Cl)c1F. The third-order valence-electron chi connectivity index (χ3n) is 2.46. The van der Waals surface area contributed by atoms with Crippen molar-refractivity contribution in [2.75, 3.05) is 0 Å². The van der Waals surface area contributed by atoms with Crippen LogP contribution in [0.2, 0.25) is 5.15 Å². The second-order valence-corrected chi connectivity index (χ2v) is 7.44. The van der Waals surface area contributed by atoms with E-state index in [-0.39, 0.29) is 5.15 Å². The summed E-state index contributed by atoms with van der Waals surface area (Å²) in [4.78, 5) is 3.67. The molecule has 1 heterocycles. The van der Waals surface area contributed by atoms with Crippen LogP contribution in [0.3, 0.4) is 0 Å². The van der Waals surface area contributed by atoms with E-state index in [4.69, 9.17) is 11.6 Å². The molecule has 0 saturated heterocycles. The van der Waals surface area contributed by atoms with Crippen LogP contribution < -0.4 is 4.72 Å². The fourth-order valence-corrected chi connectivity index (χ4v) is 2.41. The fourth-order valence-electron chi connectivity index (χ4n) is 1.41. The van der Waals surface area contributed by atoms with Gasteiger partial charge in [-0.3, -0.25) is 0 Å². The van der Waals surface area contributed by atoms with Crippen molar-refractivity contribution in [3.63, 3.8) is 0 Å².